The van der Waals surface area contributed by atoms with Crippen LogP contribution in [0.1, 0.15) is 24.0 Å². The average Bonchev–Trinajstić information content (AvgIpc) is 2.82. The molecule has 5 heteroatoms. The summed E-state index contributed by atoms with van der Waals surface area (Å²) in [6.07, 6.45) is 0.787. The lowest BCUT2D eigenvalue weighted by Gasteiger charge is -2.32. The number of anilines is 2. The van der Waals surface area contributed by atoms with Gasteiger partial charge in [0, 0.05) is 13.0 Å². The molecule has 0 saturated carbocycles. The lowest BCUT2D eigenvalue weighted by Crippen LogP contribution is -2.51. The molecular formula is C19H17FN2O2. The number of carbonyl (C=O) groups is 2. The summed E-state index contributed by atoms with van der Waals surface area (Å²) >= 11 is 0. The van der Waals surface area contributed by atoms with Gasteiger partial charge in [-0.25, -0.2) is 4.39 Å². The van der Waals surface area contributed by atoms with Crippen molar-refractivity contribution in [1.82, 2.24) is 5.32 Å². The minimum atomic E-state index is -0.761. The van der Waals surface area contributed by atoms with Crippen LogP contribution in [0.5, 0.6) is 0 Å². The third kappa shape index (κ3) is 1.97. The number of piperidine rings is 1. The number of nitrogens with one attached hydrogen (secondary N) is 1. The van der Waals surface area contributed by atoms with Crippen molar-refractivity contribution in [2.75, 3.05) is 11.4 Å². The van der Waals surface area contributed by atoms with Gasteiger partial charge in [-0.15, -0.1) is 0 Å². The predicted molar refractivity (Wildman–Crippen MR) is 88.6 cm³/mol. The summed E-state index contributed by atoms with van der Waals surface area (Å²) in [7, 11) is 0. The van der Waals surface area contributed by atoms with Crippen LogP contribution in [0.4, 0.5) is 15.8 Å². The first kappa shape index (κ1) is 14.9. The van der Waals surface area contributed by atoms with Crippen molar-refractivity contribution in [2.24, 2.45) is 0 Å². The fourth-order valence-corrected chi connectivity index (χ4v) is 3.74. The summed E-state index contributed by atoms with van der Waals surface area (Å²) in [5.41, 5.74) is 2.30. The Bertz CT molecular complexity index is 852. The van der Waals surface area contributed by atoms with Gasteiger partial charge in [-0.2, -0.15) is 0 Å². The van der Waals surface area contributed by atoms with E-state index in [1.807, 2.05) is 31.2 Å². The van der Waals surface area contributed by atoms with E-state index in [2.05, 4.69) is 5.32 Å². The van der Waals surface area contributed by atoms with Crippen LogP contribution in [0.15, 0.2) is 42.5 Å². The minimum absolute atomic E-state index is 0.0358. The minimum Gasteiger partial charge on any atom is -0.355 e. The summed E-state index contributed by atoms with van der Waals surface area (Å²) in [5.74, 6) is -0.512. The van der Waals surface area contributed by atoms with Gasteiger partial charge < -0.3 is 5.32 Å². The molecule has 122 valence electrons. The molecule has 2 aromatic carbocycles. The normalized spacial score (nSPS) is 22.7. The van der Waals surface area contributed by atoms with Crippen molar-refractivity contribution >= 4 is 23.2 Å². The fraction of sp³-hybridized carbons (Fsp3) is 0.263. The van der Waals surface area contributed by atoms with Crippen LogP contribution >= 0.6 is 0 Å². The lowest BCUT2D eigenvalue weighted by atomic mass is 9.75. The molecule has 24 heavy (non-hydrogen) atoms. The smallest absolute Gasteiger partial charge is 0.244 e. The second kappa shape index (κ2) is 5.16. The number of fused-ring (bicyclic) bond motifs is 2. The Hall–Kier alpha value is -2.69. The number of amides is 2. The van der Waals surface area contributed by atoms with E-state index in [0.717, 1.165) is 16.8 Å². The van der Waals surface area contributed by atoms with Gasteiger partial charge in [-0.1, -0.05) is 24.3 Å². The fourth-order valence-electron chi connectivity index (χ4n) is 3.74. The number of carbonyl (C=O) groups excluding carboxylic acids is 2. The predicted octanol–water partition coefficient (Wildman–Crippen LogP) is 2.96. The van der Waals surface area contributed by atoms with E-state index < -0.39 is 5.41 Å². The van der Waals surface area contributed by atoms with E-state index in [4.69, 9.17) is 0 Å². The van der Waals surface area contributed by atoms with Crippen molar-refractivity contribution in [3.8, 4) is 0 Å². The van der Waals surface area contributed by atoms with Crippen LogP contribution in [0, 0.1) is 12.7 Å². The molecule has 0 aliphatic carbocycles. The van der Waals surface area contributed by atoms with Gasteiger partial charge in [-0.3, -0.25) is 14.5 Å². The molecule has 0 aromatic heterocycles. The maximum atomic E-state index is 13.8. The van der Waals surface area contributed by atoms with Crippen molar-refractivity contribution in [2.45, 2.75) is 25.2 Å². The molecule has 4 nitrogen and oxygen atoms in total. The zero-order valence-corrected chi connectivity index (χ0v) is 13.3. The first-order chi connectivity index (χ1) is 11.5. The highest BCUT2D eigenvalue weighted by Gasteiger charge is 2.52. The van der Waals surface area contributed by atoms with E-state index >= 15 is 0 Å². The molecule has 2 aliphatic heterocycles. The van der Waals surface area contributed by atoms with Crippen molar-refractivity contribution in [3.63, 3.8) is 0 Å². The highest BCUT2D eigenvalue weighted by atomic mass is 19.1. The number of nitrogens with zero attached hydrogens (tertiary/aromatic N) is 1. The number of rotatable bonds is 1. The van der Waals surface area contributed by atoms with Crippen molar-refractivity contribution in [1.29, 1.82) is 0 Å². The Labute approximate surface area is 139 Å². The van der Waals surface area contributed by atoms with Gasteiger partial charge in [0.1, 0.15) is 5.82 Å². The Morgan fingerprint density at radius 3 is 2.67 bits per heavy atom. The standard InChI is InChI=1S/C19H17FN2O2/c1-12-6-7-13(20)10-16(12)22-15-5-3-2-4-14(15)19(18(22)24)9-8-17(23)21-11-19/h2-7,10H,8-9,11H2,1H3,(H,21,23). The lowest BCUT2D eigenvalue weighted by molar-refractivity contribution is -0.128. The highest BCUT2D eigenvalue weighted by Crippen LogP contribution is 2.49. The highest BCUT2D eigenvalue weighted by molar-refractivity contribution is 6.14. The molecule has 1 saturated heterocycles. The number of hydrogen-bond acceptors (Lipinski definition) is 2. The van der Waals surface area contributed by atoms with Gasteiger partial charge in [0.25, 0.3) is 0 Å². The Morgan fingerprint density at radius 1 is 1.12 bits per heavy atom. The van der Waals surface area contributed by atoms with E-state index in [9.17, 15) is 14.0 Å². The molecule has 1 unspecified atom stereocenters. The van der Waals surface area contributed by atoms with Gasteiger partial charge >= 0.3 is 0 Å². The Kier molecular flexibility index (Phi) is 3.20. The van der Waals surface area contributed by atoms with E-state index in [1.54, 1.807) is 11.0 Å². The van der Waals surface area contributed by atoms with Gasteiger partial charge in [0.05, 0.1) is 16.8 Å². The Morgan fingerprint density at radius 2 is 1.92 bits per heavy atom. The molecule has 0 radical (unpaired) electrons. The van der Waals surface area contributed by atoms with Crippen molar-refractivity contribution in [3.05, 3.63) is 59.4 Å². The summed E-state index contributed by atoms with van der Waals surface area (Å²) in [4.78, 5) is 26.6. The zero-order chi connectivity index (χ0) is 16.9. The molecular weight excluding hydrogens is 307 g/mol. The molecule has 2 amide bonds. The maximum absolute atomic E-state index is 13.8. The maximum Gasteiger partial charge on any atom is 0.244 e. The molecule has 2 aromatic rings. The Balaban J connectivity index is 1.90. The molecule has 1 atom stereocenters. The molecule has 2 heterocycles. The number of para-hydroxylation sites is 1. The summed E-state index contributed by atoms with van der Waals surface area (Å²) in [6, 6.07) is 12.0. The zero-order valence-electron chi connectivity index (χ0n) is 13.3. The summed E-state index contributed by atoms with van der Waals surface area (Å²) < 4.78 is 13.8. The molecule has 2 aliphatic rings. The number of hydrogen-bond donors (Lipinski definition) is 1. The van der Waals surface area contributed by atoms with Crippen LogP contribution in [0.2, 0.25) is 0 Å². The summed E-state index contributed by atoms with van der Waals surface area (Å²) in [5, 5.41) is 2.82. The summed E-state index contributed by atoms with van der Waals surface area (Å²) in [6.45, 7) is 2.14. The molecule has 1 fully saturated rings. The number of benzene rings is 2. The van der Waals surface area contributed by atoms with Gasteiger partial charge in [0.2, 0.25) is 11.8 Å². The monoisotopic (exact) mass is 324 g/mol. The SMILES string of the molecule is Cc1ccc(F)cc1N1C(=O)C2(CCC(=O)NC2)c2ccccc21. The van der Waals surface area contributed by atoms with Crippen LogP contribution in [0.25, 0.3) is 0 Å². The third-order valence-corrected chi connectivity index (χ3v) is 5.05. The van der Waals surface area contributed by atoms with E-state index in [1.165, 1.54) is 12.1 Å². The molecule has 1 spiro atoms. The average molecular weight is 324 g/mol. The first-order valence-corrected chi connectivity index (χ1v) is 8.00. The topological polar surface area (TPSA) is 49.4 Å². The quantitative estimate of drug-likeness (QED) is 0.877. The van der Waals surface area contributed by atoms with Crippen LogP contribution < -0.4 is 10.2 Å². The number of aryl methyl sites for hydroxylation is 1. The van der Waals surface area contributed by atoms with Gasteiger partial charge in [0.15, 0.2) is 0 Å². The van der Waals surface area contributed by atoms with Gasteiger partial charge in [-0.05, 0) is 42.7 Å². The molecule has 1 N–H and O–H groups in total. The van der Waals surface area contributed by atoms with Crippen LogP contribution in [-0.2, 0) is 15.0 Å². The largest absolute Gasteiger partial charge is 0.355 e. The third-order valence-electron chi connectivity index (χ3n) is 5.05. The van der Waals surface area contributed by atoms with E-state index in [-0.39, 0.29) is 24.2 Å². The number of halogens is 1. The second-order valence-corrected chi connectivity index (χ2v) is 6.45. The second-order valence-electron chi connectivity index (χ2n) is 6.45. The van der Waals surface area contributed by atoms with E-state index in [0.29, 0.717) is 18.5 Å². The molecule has 0 bridgehead atoms. The van der Waals surface area contributed by atoms with Crippen molar-refractivity contribution < 1.29 is 14.0 Å². The van der Waals surface area contributed by atoms with Crippen LogP contribution in [-0.4, -0.2) is 18.4 Å². The molecule has 4 rings (SSSR count). The van der Waals surface area contributed by atoms with Crippen LogP contribution in [0.3, 0.4) is 0 Å². The first-order valence-electron chi connectivity index (χ1n) is 8.00.